The number of likely N-dealkylation sites (N-methyl/N-ethyl adjacent to an activating group) is 1. The van der Waals surface area contributed by atoms with E-state index >= 15 is 0 Å². The minimum atomic E-state index is -0.113. The van der Waals surface area contributed by atoms with E-state index in [-0.39, 0.29) is 30.8 Å². The number of fused-ring (bicyclic) bond motifs is 1. The van der Waals surface area contributed by atoms with Crippen molar-refractivity contribution in [2.45, 2.75) is 51.5 Å². The molecule has 1 aliphatic heterocycles. The van der Waals surface area contributed by atoms with Crippen LogP contribution in [0.15, 0.2) is 41.9 Å². The van der Waals surface area contributed by atoms with E-state index in [1.807, 2.05) is 67.8 Å². The van der Waals surface area contributed by atoms with E-state index in [0.29, 0.717) is 31.2 Å². The minimum Gasteiger partial charge on any atom is -0.390 e. The second-order valence-electron chi connectivity index (χ2n) is 9.22. The molecular weight excluding hydrogens is 462 g/mol. The van der Waals surface area contributed by atoms with Crippen molar-refractivity contribution in [1.82, 2.24) is 30.1 Å². The first-order valence-electron chi connectivity index (χ1n) is 11.8. The van der Waals surface area contributed by atoms with Gasteiger partial charge in [-0.25, -0.2) is 19.7 Å². The standard InChI is InChI=1S/C25H33N7O2S/c1-16-10-19-11-26-24(27-17(2)23-28-20(14-33)15-35-23)29-22(19)13-32(16)25(34)30-21(12-31(3)4)18-8-6-5-7-9-18/h5-9,11,15-17,21,33H,10,12-14H2,1-4H3,(H,30,34)(H,26,27,29)/t16-,17-,21-/m1/s1. The third kappa shape index (κ3) is 6.14. The van der Waals surface area contributed by atoms with Gasteiger partial charge in [-0.1, -0.05) is 30.3 Å². The number of hydrogen-bond donors (Lipinski definition) is 3. The van der Waals surface area contributed by atoms with Crippen LogP contribution < -0.4 is 10.6 Å². The number of carbonyl (C=O) groups is 1. The third-order valence-corrected chi connectivity index (χ3v) is 7.15. The maximum atomic E-state index is 13.4. The number of aliphatic hydroxyl groups is 1. The molecule has 35 heavy (non-hydrogen) atoms. The lowest BCUT2D eigenvalue weighted by atomic mass is 10.0. The van der Waals surface area contributed by atoms with Crippen molar-refractivity contribution < 1.29 is 9.90 Å². The van der Waals surface area contributed by atoms with E-state index in [9.17, 15) is 9.90 Å². The number of amides is 2. The molecule has 2 amide bonds. The lowest BCUT2D eigenvalue weighted by Gasteiger charge is -2.35. The molecule has 3 heterocycles. The number of aliphatic hydroxyl groups excluding tert-OH is 1. The number of benzene rings is 1. The van der Waals surface area contributed by atoms with E-state index < -0.39 is 0 Å². The van der Waals surface area contributed by atoms with Crippen LogP contribution in [-0.4, -0.2) is 62.6 Å². The van der Waals surface area contributed by atoms with Gasteiger partial charge in [-0.3, -0.25) is 0 Å². The molecule has 0 bridgehead atoms. The van der Waals surface area contributed by atoms with Crippen molar-refractivity contribution in [3.8, 4) is 0 Å². The highest BCUT2D eigenvalue weighted by Crippen LogP contribution is 2.25. The van der Waals surface area contributed by atoms with Crippen LogP contribution in [0.2, 0.25) is 0 Å². The second-order valence-corrected chi connectivity index (χ2v) is 10.1. The largest absolute Gasteiger partial charge is 0.390 e. The molecule has 3 N–H and O–H groups in total. The number of hydrogen-bond acceptors (Lipinski definition) is 8. The van der Waals surface area contributed by atoms with Gasteiger partial charge in [-0.2, -0.15) is 0 Å². The topological polar surface area (TPSA) is 107 Å². The number of anilines is 1. The summed E-state index contributed by atoms with van der Waals surface area (Å²) < 4.78 is 0. The number of carbonyl (C=O) groups excluding carboxylic acids is 1. The SMILES string of the molecule is C[C@@H]1Cc2cnc(N[C@H](C)c3nc(CO)cs3)nc2CN1C(=O)N[C@H](CN(C)C)c1ccccc1. The van der Waals surface area contributed by atoms with E-state index in [1.54, 1.807) is 0 Å². The van der Waals surface area contributed by atoms with E-state index in [0.717, 1.165) is 21.8 Å². The van der Waals surface area contributed by atoms with Crippen LogP contribution in [0.4, 0.5) is 10.7 Å². The first-order chi connectivity index (χ1) is 16.8. The molecule has 0 saturated heterocycles. The zero-order valence-corrected chi connectivity index (χ0v) is 21.4. The smallest absolute Gasteiger partial charge is 0.318 e. The van der Waals surface area contributed by atoms with Gasteiger partial charge in [0.05, 0.1) is 36.6 Å². The van der Waals surface area contributed by atoms with Crippen molar-refractivity contribution in [3.05, 3.63) is 69.4 Å². The average molecular weight is 496 g/mol. The van der Waals surface area contributed by atoms with Crippen molar-refractivity contribution in [1.29, 1.82) is 0 Å². The summed E-state index contributed by atoms with van der Waals surface area (Å²) in [6, 6.07) is 9.78. The van der Waals surface area contributed by atoms with Gasteiger partial charge in [-0.15, -0.1) is 11.3 Å². The fraction of sp³-hybridized carbons (Fsp3) is 0.440. The first-order valence-corrected chi connectivity index (χ1v) is 12.6. The molecule has 186 valence electrons. The zero-order valence-electron chi connectivity index (χ0n) is 20.6. The molecule has 0 spiro atoms. The highest BCUT2D eigenvalue weighted by molar-refractivity contribution is 7.09. The first kappa shape index (κ1) is 25.0. The van der Waals surface area contributed by atoms with Crippen LogP contribution >= 0.6 is 11.3 Å². The van der Waals surface area contributed by atoms with Crippen molar-refractivity contribution >= 4 is 23.3 Å². The fourth-order valence-corrected chi connectivity index (χ4v) is 5.02. The molecule has 3 atom stereocenters. The Labute approximate surface area is 210 Å². The summed E-state index contributed by atoms with van der Waals surface area (Å²) >= 11 is 1.49. The normalized spacial score (nSPS) is 17.1. The lowest BCUT2D eigenvalue weighted by molar-refractivity contribution is 0.161. The quantitative estimate of drug-likeness (QED) is 0.440. The molecular formula is C25H33N7O2S. The summed E-state index contributed by atoms with van der Waals surface area (Å²) in [6.07, 6.45) is 2.55. The molecule has 0 radical (unpaired) electrons. The van der Waals surface area contributed by atoms with Crippen LogP contribution in [0.3, 0.4) is 0 Å². The Kier molecular flexibility index (Phi) is 7.94. The molecule has 0 unspecified atom stereocenters. The number of rotatable bonds is 8. The van der Waals surface area contributed by atoms with Crippen molar-refractivity contribution in [3.63, 3.8) is 0 Å². The maximum Gasteiger partial charge on any atom is 0.318 e. The summed E-state index contributed by atoms with van der Waals surface area (Å²) in [5.41, 5.74) is 3.64. The minimum absolute atomic E-state index is 0.0341. The Morgan fingerprint density at radius 2 is 2.06 bits per heavy atom. The van der Waals surface area contributed by atoms with Gasteiger partial charge in [0.1, 0.15) is 5.01 Å². The van der Waals surface area contributed by atoms with E-state index in [4.69, 9.17) is 4.98 Å². The second kappa shape index (κ2) is 11.1. The Balaban J connectivity index is 1.47. The van der Waals surface area contributed by atoms with E-state index in [2.05, 4.69) is 32.4 Å². The molecule has 1 aliphatic rings. The third-order valence-electron chi connectivity index (χ3n) is 6.08. The van der Waals surface area contributed by atoms with Gasteiger partial charge < -0.3 is 25.5 Å². The molecule has 3 aromatic rings. The van der Waals surface area contributed by atoms with Crippen molar-refractivity contribution in [2.75, 3.05) is 26.0 Å². The monoisotopic (exact) mass is 495 g/mol. The zero-order chi connectivity index (χ0) is 24.9. The van der Waals surface area contributed by atoms with Crippen LogP contribution in [0.1, 0.15) is 53.5 Å². The van der Waals surface area contributed by atoms with Gasteiger partial charge in [-0.05, 0) is 45.5 Å². The number of nitrogens with zero attached hydrogens (tertiary/aromatic N) is 5. The van der Waals surface area contributed by atoms with Gasteiger partial charge in [0.2, 0.25) is 5.95 Å². The Hall–Kier alpha value is -3.08. The van der Waals surface area contributed by atoms with Gasteiger partial charge in [0.25, 0.3) is 0 Å². The highest BCUT2D eigenvalue weighted by Gasteiger charge is 2.30. The number of nitrogens with one attached hydrogen (secondary N) is 2. The molecule has 0 saturated carbocycles. The van der Waals surface area contributed by atoms with E-state index in [1.165, 1.54) is 11.3 Å². The van der Waals surface area contributed by atoms with Gasteiger partial charge in [0.15, 0.2) is 0 Å². The van der Waals surface area contributed by atoms with Gasteiger partial charge in [0, 0.05) is 24.2 Å². The Morgan fingerprint density at radius 3 is 2.74 bits per heavy atom. The molecule has 0 aliphatic carbocycles. The Morgan fingerprint density at radius 1 is 1.29 bits per heavy atom. The molecule has 4 rings (SSSR count). The maximum absolute atomic E-state index is 13.4. The predicted molar refractivity (Wildman–Crippen MR) is 137 cm³/mol. The Bertz CT molecular complexity index is 1140. The summed E-state index contributed by atoms with van der Waals surface area (Å²) in [7, 11) is 4.01. The number of thiazole rings is 1. The highest BCUT2D eigenvalue weighted by atomic mass is 32.1. The fourth-order valence-electron chi connectivity index (χ4n) is 4.20. The van der Waals surface area contributed by atoms with Crippen LogP contribution in [-0.2, 0) is 19.6 Å². The van der Waals surface area contributed by atoms with Crippen LogP contribution in [0.5, 0.6) is 0 Å². The summed E-state index contributed by atoms with van der Waals surface area (Å²) in [6.45, 7) is 5.09. The molecule has 2 aromatic heterocycles. The summed E-state index contributed by atoms with van der Waals surface area (Å²) in [4.78, 5) is 30.9. The molecule has 1 aromatic carbocycles. The van der Waals surface area contributed by atoms with Gasteiger partial charge >= 0.3 is 6.03 Å². The van der Waals surface area contributed by atoms with Crippen LogP contribution in [0.25, 0.3) is 0 Å². The van der Waals surface area contributed by atoms with Crippen molar-refractivity contribution in [2.24, 2.45) is 0 Å². The summed E-state index contributed by atoms with van der Waals surface area (Å²) in [5, 5.41) is 18.5. The average Bonchev–Trinajstić information content (AvgIpc) is 3.33. The lowest BCUT2D eigenvalue weighted by Crippen LogP contribution is -2.50. The number of aromatic nitrogens is 3. The number of urea groups is 1. The molecule has 9 nitrogen and oxygen atoms in total. The predicted octanol–water partition coefficient (Wildman–Crippen LogP) is 3.36. The molecule has 10 heteroatoms. The molecule has 0 fully saturated rings. The summed E-state index contributed by atoms with van der Waals surface area (Å²) in [5.74, 6) is 0.502. The van der Waals surface area contributed by atoms with Crippen LogP contribution in [0, 0.1) is 0 Å².